The van der Waals surface area contributed by atoms with Crippen LogP contribution in [0.1, 0.15) is 0 Å². The van der Waals surface area contributed by atoms with E-state index in [0.29, 0.717) is 17.2 Å². The topological polar surface area (TPSA) is 60.0 Å². The van der Waals surface area contributed by atoms with Crippen molar-refractivity contribution in [2.24, 2.45) is 0 Å². The third-order valence-electron chi connectivity index (χ3n) is 2.11. The number of anilines is 1. The van der Waals surface area contributed by atoms with Crippen LogP contribution in [0.4, 0.5) is 10.5 Å². The van der Waals surface area contributed by atoms with Gasteiger partial charge in [-0.3, -0.25) is 9.74 Å². The number of nitrogens with one attached hydrogen (secondary N) is 1. The Labute approximate surface area is 100 Å². The molecule has 0 fully saturated rings. The van der Waals surface area contributed by atoms with E-state index in [0.717, 1.165) is 4.90 Å². The van der Waals surface area contributed by atoms with Gasteiger partial charge in [-0.25, -0.2) is 10.3 Å². The van der Waals surface area contributed by atoms with E-state index in [9.17, 15) is 4.79 Å². The van der Waals surface area contributed by atoms with Crippen molar-refractivity contribution >= 4 is 11.7 Å². The van der Waals surface area contributed by atoms with Gasteiger partial charge in [-0.2, -0.15) is 0 Å². The van der Waals surface area contributed by atoms with Gasteiger partial charge in [0.25, 0.3) is 0 Å². The predicted molar refractivity (Wildman–Crippen MR) is 62.9 cm³/mol. The molecule has 0 spiro atoms. The Kier molecular flexibility index (Phi) is 4.59. The summed E-state index contributed by atoms with van der Waals surface area (Å²) in [6, 6.07) is 4.52. The minimum Gasteiger partial charge on any atom is -0.493 e. The molecule has 0 unspecified atom stereocenters. The average molecular weight is 239 g/mol. The van der Waals surface area contributed by atoms with Crippen molar-refractivity contribution < 1.29 is 19.1 Å². The van der Waals surface area contributed by atoms with Crippen LogP contribution >= 0.6 is 0 Å². The van der Waals surface area contributed by atoms with Crippen LogP contribution < -0.4 is 19.9 Å². The molecule has 6 heteroatoms. The molecule has 17 heavy (non-hydrogen) atoms. The molecule has 0 aliphatic carbocycles. The molecule has 1 aromatic rings. The van der Waals surface area contributed by atoms with Gasteiger partial charge in [0.15, 0.2) is 11.5 Å². The fourth-order valence-electron chi connectivity index (χ4n) is 1.25. The van der Waals surface area contributed by atoms with Gasteiger partial charge >= 0.3 is 6.03 Å². The molecule has 0 bridgehead atoms. The monoisotopic (exact) mass is 239 g/mol. The van der Waals surface area contributed by atoms with Gasteiger partial charge in [0.1, 0.15) is 0 Å². The summed E-state index contributed by atoms with van der Waals surface area (Å²) in [6.45, 7) is 0. The summed E-state index contributed by atoms with van der Waals surface area (Å²) in [6.07, 6.45) is 0. The van der Waals surface area contributed by atoms with Crippen LogP contribution in [0.25, 0.3) is 0 Å². The Bertz CT molecular complexity index is 395. The van der Waals surface area contributed by atoms with Crippen molar-refractivity contribution in [2.75, 3.05) is 26.2 Å². The second-order valence-corrected chi connectivity index (χ2v) is 3.08. The Morgan fingerprint density at radius 2 is 1.88 bits per heavy atom. The van der Waals surface area contributed by atoms with Crippen LogP contribution in [-0.4, -0.2) is 27.4 Å². The van der Waals surface area contributed by atoms with Crippen LogP contribution in [0.3, 0.4) is 0 Å². The van der Waals surface area contributed by atoms with Crippen LogP contribution in [0.15, 0.2) is 18.2 Å². The third kappa shape index (κ3) is 3.01. The van der Waals surface area contributed by atoms with Crippen LogP contribution in [0.5, 0.6) is 11.5 Å². The highest BCUT2D eigenvalue weighted by molar-refractivity contribution is 5.92. The van der Waals surface area contributed by atoms with Gasteiger partial charge in [0.05, 0.1) is 21.3 Å². The van der Waals surface area contributed by atoms with Gasteiger partial charge in [0, 0.05) is 18.8 Å². The Balaban J connectivity index is 2.95. The number of benzene rings is 1. The molecular weight excluding hydrogens is 224 g/mol. The number of rotatable bonds is 4. The number of urea groups is 1. The lowest BCUT2D eigenvalue weighted by atomic mass is 10.2. The maximum absolute atomic E-state index is 11.5. The van der Waals surface area contributed by atoms with E-state index in [1.165, 1.54) is 21.3 Å². The summed E-state index contributed by atoms with van der Waals surface area (Å²) in [5.74, 6) is 1.10. The number of hydroxylamine groups is 1. The molecule has 1 rings (SSSR count). The summed E-state index contributed by atoms with van der Waals surface area (Å²) in [4.78, 5) is 17.1. The lowest BCUT2D eigenvalue weighted by Gasteiger charge is -2.18. The van der Waals surface area contributed by atoms with Gasteiger partial charge in [0.2, 0.25) is 0 Å². The molecule has 0 aliphatic heterocycles. The molecule has 2 amide bonds. The first-order valence-electron chi connectivity index (χ1n) is 4.79. The van der Waals surface area contributed by atoms with E-state index in [1.54, 1.807) is 18.2 Å². The van der Waals surface area contributed by atoms with E-state index in [2.05, 4.69) is 17.4 Å². The van der Waals surface area contributed by atoms with Crippen LogP contribution in [-0.2, 0) is 4.84 Å². The highest BCUT2D eigenvalue weighted by Gasteiger charge is 2.13. The fraction of sp³-hybridized carbons (Fsp3) is 0.273. The number of amides is 2. The minimum absolute atomic E-state index is 0.486. The quantitative estimate of drug-likeness (QED) is 0.810. The van der Waals surface area contributed by atoms with Gasteiger partial charge in [-0.1, -0.05) is 0 Å². The third-order valence-corrected chi connectivity index (χ3v) is 2.11. The molecule has 0 aliphatic rings. The van der Waals surface area contributed by atoms with Gasteiger partial charge in [-0.05, 0) is 12.1 Å². The van der Waals surface area contributed by atoms with E-state index < -0.39 is 6.03 Å². The molecule has 6 nitrogen and oxygen atoms in total. The number of hydrogen-bond acceptors (Lipinski definition) is 4. The number of hydrogen-bond donors (Lipinski definition) is 1. The Morgan fingerprint density at radius 1 is 1.24 bits per heavy atom. The second kappa shape index (κ2) is 5.95. The number of methoxy groups -OCH3 is 2. The number of carbonyl (C=O) groups excluding carboxylic acids is 1. The van der Waals surface area contributed by atoms with E-state index in [4.69, 9.17) is 9.47 Å². The van der Waals surface area contributed by atoms with Gasteiger partial charge < -0.3 is 9.47 Å². The molecule has 0 saturated heterocycles. The van der Waals surface area contributed by atoms with E-state index >= 15 is 0 Å². The maximum Gasteiger partial charge on any atom is 0.345 e. The van der Waals surface area contributed by atoms with Crippen LogP contribution in [0.2, 0.25) is 0 Å². The molecule has 0 saturated carbocycles. The normalized spacial score (nSPS) is 9.65. The lowest BCUT2D eigenvalue weighted by Crippen LogP contribution is -2.35. The van der Waals surface area contributed by atoms with Crippen LogP contribution in [0, 0.1) is 7.05 Å². The van der Waals surface area contributed by atoms with E-state index in [1.807, 2.05) is 0 Å². The largest absolute Gasteiger partial charge is 0.493 e. The van der Waals surface area contributed by atoms with Crippen molar-refractivity contribution in [3.63, 3.8) is 0 Å². The zero-order valence-electron chi connectivity index (χ0n) is 10.0. The smallest absolute Gasteiger partial charge is 0.345 e. The predicted octanol–water partition coefficient (Wildman–Crippen LogP) is 1.57. The molecule has 0 atom stereocenters. The zero-order valence-corrected chi connectivity index (χ0v) is 10.0. The molecule has 1 radical (unpaired) electrons. The first-order chi connectivity index (χ1) is 8.13. The summed E-state index contributed by atoms with van der Waals surface area (Å²) >= 11 is 0. The number of carbonyl (C=O) groups is 1. The standard InChI is InChI=1S/C11H15N2O4/c1-13(11(14)12-17-4)8-5-6-9(15-2)10(7-8)16-3/h5-7H,1H2,2-4H3,(H,12,14). The van der Waals surface area contributed by atoms with Crippen molar-refractivity contribution in [3.8, 4) is 11.5 Å². The van der Waals surface area contributed by atoms with Crippen molar-refractivity contribution in [1.82, 2.24) is 5.48 Å². The highest BCUT2D eigenvalue weighted by Crippen LogP contribution is 2.31. The first-order valence-corrected chi connectivity index (χ1v) is 4.79. The summed E-state index contributed by atoms with van der Waals surface area (Å²) < 4.78 is 10.2. The summed E-state index contributed by atoms with van der Waals surface area (Å²) in [7, 11) is 8.01. The fourth-order valence-corrected chi connectivity index (χ4v) is 1.25. The second-order valence-electron chi connectivity index (χ2n) is 3.08. The van der Waals surface area contributed by atoms with Crippen molar-refractivity contribution in [3.05, 3.63) is 25.2 Å². The number of nitrogens with zero attached hydrogens (tertiary/aromatic N) is 1. The maximum atomic E-state index is 11.5. The van der Waals surface area contributed by atoms with Crippen molar-refractivity contribution in [1.29, 1.82) is 0 Å². The molecule has 1 N–H and O–H groups in total. The van der Waals surface area contributed by atoms with E-state index in [-0.39, 0.29) is 0 Å². The molecule has 93 valence electrons. The minimum atomic E-state index is -0.486. The zero-order chi connectivity index (χ0) is 12.8. The average Bonchev–Trinajstić information content (AvgIpc) is 2.37. The molecule has 0 heterocycles. The molecule has 0 aromatic heterocycles. The number of ether oxygens (including phenoxy) is 2. The highest BCUT2D eigenvalue weighted by atomic mass is 16.6. The molecular formula is C11H15N2O4. The Morgan fingerprint density at radius 3 is 2.41 bits per heavy atom. The first kappa shape index (κ1) is 13.1. The summed E-state index contributed by atoms with van der Waals surface area (Å²) in [5.41, 5.74) is 2.72. The lowest BCUT2D eigenvalue weighted by molar-refractivity contribution is 0.112. The molecule has 1 aromatic carbocycles. The Hall–Kier alpha value is -1.95. The SMILES string of the molecule is [CH2]N(C(=O)NOC)c1ccc(OC)c(OC)c1. The van der Waals surface area contributed by atoms with Gasteiger partial charge in [-0.15, -0.1) is 0 Å². The van der Waals surface area contributed by atoms with Crippen molar-refractivity contribution in [2.45, 2.75) is 0 Å². The summed E-state index contributed by atoms with van der Waals surface area (Å²) in [5, 5.41) is 0.